The number of benzene rings is 1. The minimum Gasteiger partial charge on any atom is -0.481 e. The Morgan fingerprint density at radius 3 is 2.33 bits per heavy atom. The van der Waals surface area contributed by atoms with Crippen LogP contribution in [0.1, 0.15) is 57.4 Å². The number of carbonyl (C=O) groups is 2. The Balaban J connectivity index is 1.99. The van der Waals surface area contributed by atoms with Gasteiger partial charge in [0, 0.05) is 11.1 Å². The second-order valence-electron chi connectivity index (χ2n) is 6.34. The number of anilines is 1. The molecule has 21 heavy (non-hydrogen) atoms. The summed E-state index contributed by atoms with van der Waals surface area (Å²) in [7, 11) is 0. The molecule has 4 heteroatoms. The first-order valence-electron chi connectivity index (χ1n) is 7.54. The van der Waals surface area contributed by atoms with Crippen molar-refractivity contribution in [1.29, 1.82) is 0 Å². The molecule has 0 heterocycles. The normalized spacial score (nSPS) is 18.2. The van der Waals surface area contributed by atoms with Gasteiger partial charge in [-0.3, -0.25) is 9.59 Å². The number of carbonyl (C=O) groups excluding carboxylic acids is 1. The lowest BCUT2D eigenvalue weighted by Gasteiger charge is -2.22. The second kappa shape index (κ2) is 6.29. The van der Waals surface area contributed by atoms with Crippen LogP contribution in [0.2, 0.25) is 0 Å². The maximum Gasteiger partial charge on any atom is 0.303 e. The first kappa shape index (κ1) is 15.5. The Bertz CT molecular complexity index is 515. The van der Waals surface area contributed by atoms with Crippen LogP contribution in [-0.4, -0.2) is 17.0 Å². The molecule has 1 atom stereocenters. The predicted octanol–water partition coefficient (Wildman–Crippen LogP) is 3.78. The van der Waals surface area contributed by atoms with Crippen LogP contribution < -0.4 is 5.32 Å². The fraction of sp³-hybridized carbons (Fsp3) is 0.529. The van der Waals surface area contributed by atoms with Crippen LogP contribution in [0.15, 0.2) is 24.3 Å². The summed E-state index contributed by atoms with van der Waals surface area (Å²) in [5.41, 5.74) is 1.51. The molecule has 1 aliphatic rings. The summed E-state index contributed by atoms with van der Waals surface area (Å²) in [6.07, 6.45) is 4.26. The molecular formula is C17H23NO3. The minimum absolute atomic E-state index is 0.0281. The van der Waals surface area contributed by atoms with Crippen molar-refractivity contribution in [2.24, 2.45) is 5.41 Å². The van der Waals surface area contributed by atoms with Crippen molar-refractivity contribution in [3.63, 3.8) is 0 Å². The summed E-state index contributed by atoms with van der Waals surface area (Å²) in [6, 6.07) is 7.48. The molecule has 0 bridgehead atoms. The van der Waals surface area contributed by atoms with Crippen LogP contribution in [0.4, 0.5) is 5.69 Å². The first-order valence-corrected chi connectivity index (χ1v) is 7.54. The summed E-state index contributed by atoms with van der Waals surface area (Å²) in [4.78, 5) is 23.0. The topological polar surface area (TPSA) is 66.4 Å². The lowest BCUT2D eigenvalue weighted by atomic mass is 9.87. The van der Waals surface area contributed by atoms with Gasteiger partial charge < -0.3 is 10.4 Å². The molecule has 2 N–H and O–H groups in total. The van der Waals surface area contributed by atoms with Crippen LogP contribution in [-0.2, 0) is 9.59 Å². The van der Waals surface area contributed by atoms with E-state index in [-0.39, 0.29) is 23.7 Å². The average molecular weight is 289 g/mol. The highest BCUT2D eigenvalue weighted by Gasteiger charge is 2.36. The van der Waals surface area contributed by atoms with E-state index in [1.54, 1.807) is 0 Å². The molecular weight excluding hydrogens is 266 g/mol. The molecule has 1 aromatic carbocycles. The molecule has 0 spiro atoms. The molecule has 0 aromatic heterocycles. The van der Waals surface area contributed by atoms with Gasteiger partial charge in [-0.25, -0.2) is 0 Å². The summed E-state index contributed by atoms with van der Waals surface area (Å²) in [5, 5.41) is 11.8. The molecule has 4 nitrogen and oxygen atoms in total. The number of carboxylic acid groups (broad SMARTS) is 1. The molecule has 0 radical (unpaired) electrons. The summed E-state index contributed by atoms with van der Waals surface area (Å²) in [6.45, 7) is 3.92. The highest BCUT2D eigenvalue weighted by atomic mass is 16.4. The zero-order valence-electron chi connectivity index (χ0n) is 12.7. The smallest absolute Gasteiger partial charge is 0.303 e. The Morgan fingerprint density at radius 2 is 1.81 bits per heavy atom. The van der Waals surface area contributed by atoms with Gasteiger partial charge in [0.1, 0.15) is 0 Å². The van der Waals surface area contributed by atoms with Gasteiger partial charge in [0.25, 0.3) is 0 Å². The third-order valence-corrected chi connectivity index (χ3v) is 4.47. The van der Waals surface area contributed by atoms with Crippen molar-refractivity contribution in [2.45, 2.75) is 51.9 Å². The van der Waals surface area contributed by atoms with Crippen molar-refractivity contribution in [1.82, 2.24) is 0 Å². The maximum absolute atomic E-state index is 12.3. The molecule has 0 saturated heterocycles. The van der Waals surface area contributed by atoms with Crippen molar-refractivity contribution < 1.29 is 14.7 Å². The molecule has 1 amide bonds. The van der Waals surface area contributed by atoms with E-state index in [0.717, 1.165) is 36.9 Å². The quantitative estimate of drug-likeness (QED) is 0.866. The van der Waals surface area contributed by atoms with Crippen LogP contribution in [0.25, 0.3) is 0 Å². The van der Waals surface area contributed by atoms with Crippen molar-refractivity contribution >= 4 is 17.6 Å². The van der Waals surface area contributed by atoms with Crippen LogP contribution in [0.5, 0.6) is 0 Å². The van der Waals surface area contributed by atoms with Gasteiger partial charge >= 0.3 is 5.97 Å². The fourth-order valence-corrected chi connectivity index (χ4v) is 2.94. The Labute approximate surface area is 125 Å². The van der Waals surface area contributed by atoms with Gasteiger partial charge in [-0.05, 0) is 36.5 Å². The van der Waals surface area contributed by atoms with E-state index >= 15 is 0 Å². The Kier molecular flexibility index (Phi) is 4.66. The third-order valence-electron chi connectivity index (χ3n) is 4.47. The minimum atomic E-state index is -0.797. The van der Waals surface area contributed by atoms with E-state index in [1.165, 1.54) is 0 Å². The molecule has 1 fully saturated rings. The van der Waals surface area contributed by atoms with Crippen molar-refractivity contribution in [3.05, 3.63) is 29.8 Å². The Morgan fingerprint density at radius 1 is 1.24 bits per heavy atom. The molecule has 0 aliphatic heterocycles. The lowest BCUT2D eigenvalue weighted by Crippen LogP contribution is -2.30. The first-order chi connectivity index (χ1) is 9.90. The third kappa shape index (κ3) is 3.84. The zero-order valence-corrected chi connectivity index (χ0v) is 12.7. The number of carboxylic acids is 1. The molecule has 1 saturated carbocycles. The van der Waals surface area contributed by atoms with E-state index < -0.39 is 5.97 Å². The van der Waals surface area contributed by atoms with Gasteiger partial charge in [-0.1, -0.05) is 38.8 Å². The largest absolute Gasteiger partial charge is 0.481 e. The van der Waals surface area contributed by atoms with Gasteiger partial charge in [-0.2, -0.15) is 0 Å². The summed E-state index contributed by atoms with van der Waals surface area (Å²) in [5.74, 6) is -0.736. The van der Waals surface area contributed by atoms with E-state index in [2.05, 4.69) is 5.32 Å². The molecule has 1 unspecified atom stereocenters. The number of hydrogen-bond donors (Lipinski definition) is 2. The van der Waals surface area contributed by atoms with E-state index in [1.807, 2.05) is 38.1 Å². The number of rotatable bonds is 5. The molecule has 114 valence electrons. The number of hydrogen-bond acceptors (Lipinski definition) is 2. The number of nitrogens with one attached hydrogen (secondary N) is 1. The van der Waals surface area contributed by atoms with E-state index in [0.29, 0.717) is 0 Å². The summed E-state index contributed by atoms with van der Waals surface area (Å²) < 4.78 is 0. The second-order valence-corrected chi connectivity index (χ2v) is 6.34. The van der Waals surface area contributed by atoms with Crippen molar-refractivity contribution in [3.8, 4) is 0 Å². The van der Waals surface area contributed by atoms with Gasteiger partial charge in [0.15, 0.2) is 0 Å². The van der Waals surface area contributed by atoms with Crippen molar-refractivity contribution in [2.75, 3.05) is 5.32 Å². The monoisotopic (exact) mass is 289 g/mol. The Hall–Kier alpha value is -1.84. The van der Waals surface area contributed by atoms with Crippen LogP contribution in [0.3, 0.4) is 0 Å². The van der Waals surface area contributed by atoms with E-state index in [4.69, 9.17) is 5.11 Å². The van der Waals surface area contributed by atoms with Crippen LogP contribution in [0, 0.1) is 5.41 Å². The standard InChI is InChI=1S/C17H23NO3/c1-12(11-15(19)20)13-5-7-14(8-6-13)18-16(21)17(2)9-3-4-10-17/h5-8,12H,3-4,9-11H2,1-2H3,(H,18,21)(H,19,20). The maximum atomic E-state index is 12.3. The SMILES string of the molecule is CC(CC(=O)O)c1ccc(NC(=O)C2(C)CCCC2)cc1. The zero-order chi connectivity index (χ0) is 15.5. The number of amides is 1. The van der Waals surface area contributed by atoms with Crippen LogP contribution >= 0.6 is 0 Å². The summed E-state index contributed by atoms with van der Waals surface area (Å²) >= 11 is 0. The highest BCUT2D eigenvalue weighted by molar-refractivity contribution is 5.95. The van der Waals surface area contributed by atoms with E-state index in [9.17, 15) is 9.59 Å². The molecule has 1 aromatic rings. The number of aliphatic carboxylic acids is 1. The fourth-order valence-electron chi connectivity index (χ4n) is 2.94. The lowest BCUT2D eigenvalue weighted by molar-refractivity contribution is -0.137. The average Bonchev–Trinajstić information content (AvgIpc) is 2.87. The highest BCUT2D eigenvalue weighted by Crippen LogP contribution is 2.38. The predicted molar refractivity (Wildman–Crippen MR) is 82.3 cm³/mol. The van der Waals surface area contributed by atoms with Gasteiger partial charge in [-0.15, -0.1) is 0 Å². The van der Waals surface area contributed by atoms with Gasteiger partial charge in [0.2, 0.25) is 5.91 Å². The molecule has 1 aliphatic carbocycles. The van der Waals surface area contributed by atoms with Gasteiger partial charge in [0.05, 0.1) is 6.42 Å². The molecule has 2 rings (SSSR count).